The van der Waals surface area contributed by atoms with E-state index >= 15 is 0 Å². The molecule has 0 amide bonds. The van der Waals surface area contributed by atoms with Gasteiger partial charge in [0, 0.05) is 29.1 Å². The number of nitrogens with zero attached hydrogens (tertiary/aromatic N) is 3. The van der Waals surface area contributed by atoms with Crippen LogP contribution in [0.5, 0.6) is 0 Å². The molecule has 0 aliphatic rings. The molecule has 3 aromatic rings. The largest absolute Gasteiger partial charge is 0.350 e. The highest BCUT2D eigenvalue weighted by Gasteiger charge is 2.18. The molecule has 146 valence electrons. The minimum atomic E-state index is -0.214. The van der Waals surface area contributed by atoms with Crippen molar-refractivity contribution in [3.8, 4) is 0 Å². The number of hydrogen-bond donors (Lipinski definition) is 2. The summed E-state index contributed by atoms with van der Waals surface area (Å²) in [6.45, 7) is 4.61. The van der Waals surface area contributed by atoms with E-state index < -0.39 is 0 Å². The van der Waals surface area contributed by atoms with Crippen molar-refractivity contribution in [2.75, 3.05) is 10.6 Å². The molecule has 0 unspecified atom stereocenters. The van der Waals surface area contributed by atoms with Crippen LogP contribution in [0.25, 0.3) is 0 Å². The number of anilines is 2. The molecule has 0 atom stereocenters. The SMILES string of the molecule is CC(C)C(=O)n1nc(NCc2cccc(Cl)c2)nc1NCc1cccc(Cl)c1. The zero-order valence-electron chi connectivity index (χ0n) is 15.6. The van der Waals surface area contributed by atoms with Gasteiger partial charge in [0.1, 0.15) is 0 Å². The van der Waals surface area contributed by atoms with Gasteiger partial charge in [-0.05, 0) is 35.4 Å². The average molecular weight is 418 g/mol. The van der Waals surface area contributed by atoms with Crippen LogP contribution in [0.15, 0.2) is 48.5 Å². The van der Waals surface area contributed by atoms with Gasteiger partial charge >= 0.3 is 0 Å². The lowest BCUT2D eigenvalue weighted by Crippen LogP contribution is -2.21. The maximum absolute atomic E-state index is 12.5. The van der Waals surface area contributed by atoms with Crippen LogP contribution in [0.4, 0.5) is 11.9 Å². The van der Waals surface area contributed by atoms with Gasteiger partial charge in [-0.2, -0.15) is 9.67 Å². The second kappa shape index (κ2) is 9.08. The van der Waals surface area contributed by atoms with Gasteiger partial charge in [-0.25, -0.2) is 0 Å². The fourth-order valence-corrected chi connectivity index (χ4v) is 2.98. The molecule has 0 radical (unpaired) electrons. The standard InChI is InChI=1S/C20H21Cl2N5O/c1-13(2)18(28)27-20(24-12-15-6-4-8-17(22)10-15)25-19(26-27)23-11-14-5-3-7-16(21)9-14/h3-10,13H,11-12H2,1-2H3,(H2,23,24,25,26). The van der Waals surface area contributed by atoms with E-state index in [1.54, 1.807) is 0 Å². The van der Waals surface area contributed by atoms with Crippen LogP contribution in [0.3, 0.4) is 0 Å². The Labute approximate surface area is 173 Å². The van der Waals surface area contributed by atoms with Gasteiger partial charge in [-0.3, -0.25) is 4.79 Å². The van der Waals surface area contributed by atoms with Crippen LogP contribution in [-0.2, 0) is 13.1 Å². The highest BCUT2D eigenvalue weighted by Crippen LogP contribution is 2.17. The molecule has 3 rings (SSSR count). The maximum atomic E-state index is 12.5. The summed E-state index contributed by atoms with van der Waals surface area (Å²) >= 11 is 12.0. The van der Waals surface area contributed by atoms with Crippen molar-refractivity contribution in [1.29, 1.82) is 0 Å². The fraction of sp³-hybridized carbons (Fsp3) is 0.250. The van der Waals surface area contributed by atoms with Gasteiger partial charge in [0.15, 0.2) is 0 Å². The van der Waals surface area contributed by atoms with E-state index in [9.17, 15) is 4.79 Å². The van der Waals surface area contributed by atoms with Crippen LogP contribution in [0.2, 0.25) is 10.0 Å². The topological polar surface area (TPSA) is 71.8 Å². The molecule has 0 fully saturated rings. The van der Waals surface area contributed by atoms with Gasteiger partial charge in [0.2, 0.25) is 11.9 Å². The number of nitrogens with one attached hydrogen (secondary N) is 2. The third-order valence-corrected chi connectivity index (χ3v) is 4.46. The van der Waals surface area contributed by atoms with E-state index in [1.807, 2.05) is 62.4 Å². The predicted molar refractivity (Wildman–Crippen MR) is 113 cm³/mol. The third-order valence-electron chi connectivity index (χ3n) is 3.99. The summed E-state index contributed by atoms with van der Waals surface area (Å²) < 4.78 is 1.30. The van der Waals surface area contributed by atoms with E-state index in [0.717, 1.165) is 11.1 Å². The van der Waals surface area contributed by atoms with Crippen molar-refractivity contribution in [1.82, 2.24) is 14.8 Å². The van der Waals surface area contributed by atoms with Crippen molar-refractivity contribution >= 4 is 41.0 Å². The lowest BCUT2D eigenvalue weighted by molar-refractivity contribution is 0.0841. The second-order valence-electron chi connectivity index (χ2n) is 6.63. The molecule has 2 N–H and O–H groups in total. The molecular weight excluding hydrogens is 397 g/mol. The molecule has 0 aliphatic heterocycles. The number of carbonyl (C=O) groups is 1. The Bertz CT molecular complexity index is 971. The van der Waals surface area contributed by atoms with E-state index in [0.29, 0.717) is 35.0 Å². The zero-order chi connectivity index (χ0) is 20.1. The summed E-state index contributed by atoms with van der Waals surface area (Å²) in [6.07, 6.45) is 0. The molecule has 0 bridgehead atoms. The quantitative estimate of drug-likeness (QED) is 0.558. The number of halogens is 2. The lowest BCUT2D eigenvalue weighted by Gasteiger charge is -2.09. The zero-order valence-corrected chi connectivity index (χ0v) is 17.1. The van der Waals surface area contributed by atoms with Crippen LogP contribution in [0.1, 0.15) is 29.8 Å². The maximum Gasteiger partial charge on any atom is 0.252 e. The number of hydrogen-bond acceptors (Lipinski definition) is 5. The second-order valence-corrected chi connectivity index (χ2v) is 7.50. The van der Waals surface area contributed by atoms with Crippen LogP contribution < -0.4 is 10.6 Å². The van der Waals surface area contributed by atoms with E-state index in [2.05, 4.69) is 20.7 Å². The highest BCUT2D eigenvalue weighted by atomic mass is 35.5. The number of rotatable bonds is 7. The summed E-state index contributed by atoms with van der Waals surface area (Å²) in [7, 11) is 0. The molecule has 0 saturated carbocycles. The number of carbonyl (C=O) groups excluding carboxylic acids is 1. The Hall–Kier alpha value is -2.57. The summed E-state index contributed by atoms with van der Waals surface area (Å²) in [5.74, 6) is 0.390. The van der Waals surface area contributed by atoms with Gasteiger partial charge in [-0.15, -0.1) is 5.10 Å². The summed E-state index contributed by atoms with van der Waals surface area (Å²) in [5.41, 5.74) is 1.97. The van der Waals surface area contributed by atoms with E-state index in [-0.39, 0.29) is 11.8 Å². The molecule has 1 heterocycles. The first-order valence-electron chi connectivity index (χ1n) is 8.90. The Balaban J connectivity index is 1.76. The van der Waals surface area contributed by atoms with Crippen molar-refractivity contribution in [3.63, 3.8) is 0 Å². The van der Waals surface area contributed by atoms with Gasteiger partial charge in [0.25, 0.3) is 5.91 Å². The molecular formula is C20H21Cl2N5O. The van der Waals surface area contributed by atoms with Crippen LogP contribution >= 0.6 is 23.2 Å². The number of benzene rings is 2. The Morgan fingerprint density at radius 2 is 1.57 bits per heavy atom. The van der Waals surface area contributed by atoms with Crippen molar-refractivity contribution in [2.24, 2.45) is 5.92 Å². The Morgan fingerprint density at radius 3 is 2.11 bits per heavy atom. The molecule has 0 saturated heterocycles. The first-order chi connectivity index (χ1) is 13.4. The van der Waals surface area contributed by atoms with Gasteiger partial charge < -0.3 is 10.6 Å². The van der Waals surface area contributed by atoms with Gasteiger partial charge in [0.05, 0.1) is 0 Å². The molecule has 0 aliphatic carbocycles. The van der Waals surface area contributed by atoms with E-state index in [1.165, 1.54) is 4.68 Å². The summed E-state index contributed by atoms with van der Waals surface area (Å²) in [4.78, 5) is 16.9. The molecule has 2 aromatic carbocycles. The number of aromatic nitrogens is 3. The fourth-order valence-electron chi connectivity index (χ4n) is 2.56. The first-order valence-corrected chi connectivity index (χ1v) is 9.66. The molecule has 0 spiro atoms. The van der Waals surface area contributed by atoms with Crippen molar-refractivity contribution in [2.45, 2.75) is 26.9 Å². The third kappa shape index (κ3) is 5.24. The molecule has 6 nitrogen and oxygen atoms in total. The van der Waals surface area contributed by atoms with Crippen LogP contribution in [-0.4, -0.2) is 20.7 Å². The normalized spacial score (nSPS) is 10.9. The lowest BCUT2D eigenvalue weighted by atomic mass is 10.2. The minimum absolute atomic E-state index is 0.142. The Kier molecular flexibility index (Phi) is 6.54. The highest BCUT2D eigenvalue weighted by molar-refractivity contribution is 6.30. The molecule has 28 heavy (non-hydrogen) atoms. The average Bonchev–Trinajstić information content (AvgIpc) is 3.07. The summed E-state index contributed by atoms with van der Waals surface area (Å²) in [6, 6.07) is 15.0. The summed E-state index contributed by atoms with van der Waals surface area (Å²) in [5, 5.41) is 11.9. The van der Waals surface area contributed by atoms with E-state index in [4.69, 9.17) is 23.2 Å². The molecule has 1 aromatic heterocycles. The van der Waals surface area contributed by atoms with Crippen molar-refractivity contribution < 1.29 is 4.79 Å². The first kappa shape index (κ1) is 20.2. The molecule has 8 heteroatoms. The van der Waals surface area contributed by atoms with Crippen molar-refractivity contribution in [3.05, 3.63) is 69.7 Å². The predicted octanol–water partition coefficient (Wildman–Crippen LogP) is 5.11. The smallest absolute Gasteiger partial charge is 0.252 e. The Morgan fingerprint density at radius 1 is 1.00 bits per heavy atom. The monoisotopic (exact) mass is 417 g/mol. The van der Waals surface area contributed by atoms with Gasteiger partial charge in [-0.1, -0.05) is 61.3 Å². The minimum Gasteiger partial charge on any atom is -0.350 e. The van der Waals surface area contributed by atoms with Crippen LogP contribution in [0, 0.1) is 5.92 Å².